The predicted octanol–water partition coefficient (Wildman–Crippen LogP) is 5.62. The molecule has 9 nitrogen and oxygen atoms in total. The fourth-order valence-electron chi connectivity index (χ4n) is 4.08. The quantitative estimate of drug-likeness (QED) is 0.379. The lowest BCUT2D eigenvalue weighted by atomic mass is 10.1. The number of aromatic nitrogens is 3. The van der Waals surface area contributed by atoms with Crippen molar-refractivity contribution >= 4 is 34.3 Å². The molecule has 1 fully saturated rings. The second kappa shape index (κ2) is 10.3. The molecule has 0 atom stereocenters. The lowest BCUT2D eigenvalue weighted by molar-refractivity contribution is 0.0240. The van der Waals surface area contributed by atoms with Gasteiger partial charge >= 0.3 is 6.09 Å². The van der Waals surface area contributed by atoms with Gasteiger partial charge in [0.1, 0.15) is 35.1 Å². The lowest BCUT2D eigenvalue weighted by Gasteiger charge is -2.36. The normalized spacial score (nSPS) is 13.9. The molecular weight excluding hydrogens is 468 g/mol. The van der Waals surface area contributed by atoms with Gasteiger partial charge in [-0.1, -0.05) is 18.2 Å². The summed E-state index contributed by atoms with van der Waals surface area (Å²) in [6, 6.07) is 19.4. The summed E-state index contributed by atoms with van der Waals surface area (Å²) in [7, 11) is 0. The largest absolute Gasteiger partial charge is 0.456 e. The number of benzene rings is 2. The first-order valence-corrected chi connectivity index (χ1v) is 12.3. The summed E-state index contributed by atoms with van der Waals surface area (Å²) in [4.78, 5) is 29.8. The smallest absolute Gasteiger partial charge is 0.410 e. The molecule has 0 bridgehead atoms. The number of nitrogens with zero attached hydrogens (tertiary/aromatic N) is 5. The van der Waals surface area contributed by atoms with Crippen LogP contribution in [0.25, 0.3) is 10.9 Å². The maximum absolute atomic E-state index is 12.4. The third-order valence-corrected chi connectivity index (χ3v) is 5.88. The molecule has 1 N–H and O–H groups in total. The number of fused-ring (bicyclic) bond motifs is 1. The fraction of sp³-hybridized carbons (Fsp3) is 0.286. The van der Waals surface area contributed by atoms with E-state index >= 15 is 0 Å². The summed E-state index contributed by atoms with van der Waals surface area (Å²) in [5.74, 6) is 2.73. The molecule has 2 aromatic heterocycles. The van der Waals surface area contributed by atoms with Crippen LogP contribution < -0.4 is 15.0 Å². The average molecular weight is 499 g/mol. The van der Waals surface area contributed by atoms with E-state index in [1.54, 1.807) is 11.1 Å². The standard InChI is InChI=1S/C28H30N6O3/c1-28(2,3)37-27(35)34-15-13-33(14-16-34)20-9-11-24-23(17-20)26(31-19-30-24)32-25-12-10-22(18-29-25)36-21-7-5-4-6-8-21/h4-12,17-19H,13-16H2,1-3H3,(H,29,30,31,32). The number of rotatable bonds is 5. The van der Waals surface area contributed by atoms with Gasteiger partial charge in [-0.3, -0.25) is 0 Å². The number of amides is 1. The Bertz CT molecular complexity index is 1360. The topological polar surface area (TPSA) is 92.7 Å². The Labute approximate surface area is 216 Å². The summed E-state index contributed by atoms with van der Waals surface area (Å²) in [5.41, 5.74) is 1.38. The SMILES string of the molecule is CC(C)(C)OC(=O)N1CCN(c2ccc3ncnc(Nc4ccc(Oc5ccccc5)cn4)c3c2)CC1. The Morgan fingerprint density at radius 3 is 2.38 bits per heavy atom. The Morgan fingerprint density at radius 1 is 0.892 bits per heavy atom. The molecule has 9 heteroatoms. The van der Waals surface area contributed by atoms with Crippen LogP contribution in [0.5, 0.6) is 11.5 Å². The van der Waals surface area contributed by atoms with Gasteiger partial charge in [0.05, 0.1) is 11.7 Å². The van der Waals surface area contributed by atoms with Crippen molar-refractivity contribution in [3.8, 4) is 11.5 Å². The third kappa shape index (κ3) is 6.06. The molecule has 1 aliphatic rings. The van der Waals surface area contributed by atoms with Gasteiger partial charge in [0.15, 0.2) is 0 Å². The van der Waals surface area contributed by atoms with Crippen LogP contribution in [0.15, 0.2) is 73.2 Å². The second-order valence-electron chi connectivity index (χ2n) is 9.80. The van der Waals surface area contributed by atoms with Gasteiger partial charge in [-0.2, -0.15) is 0 Å². The number of pyridine rings is 1. The van der Waals surface area contributed by atoms with Crippen molar-refractivity contribution in [2.24, 2.45) is 0 Å². The minimum atomic E-state index is -0.500. The van der Waals surface area contributed by atoms with Crippen molar-refractivity contribution in [3.63, 3.8) is 0 Å². The molecule has 0 saturated carbocycles. The van der Waals surface area contributed by atoms with Crippen molar-refractivity contribution in [1.82, 2.24) is 19.9 Å². The zero-order valence-electron chi connectivity index (χ0n) is 21.2. The first-order valence-electron chi connectivity index (χ1n) is 12.3. The van der Waals surface area contributed by atoms with E-state index in [1.165, 1.54) is 6.33 Å². The summed E-state index contributed by atoms with van der Waals surface area (Å²) in [6.07, 6.45) is 2.95. The van der Waals surface area contributed by atoms with Crippen LogP contribution in [-0.2, 0) is 4.74 Å². The number of para-hydroxylation sites is 1. The summed E-state index contributed by atoms with van der Waals surface area (Å²) in [5, 5.41) is 4.20. The van der Waals surface area contributed by atoms with Crippen LogP contribution in [-0.4, -0.2) is 57.7 Å². The number of hydrogen-bond acceptors (Lipinski definition) is 8. The van der Waals surface area contributed by atoms with Crippen LogP contribution in [0.4, 0.5) is 22.1 Å². The summed E-state index contributed by atoms with van der Waals surface area (Å²) >= 11 is 0. The van der Waals surface area contributed by atoms with Crippen LogP contribution in [0, 0.1) is 0 Å². The van der Waals surface area contributed by atoms with E-state index in [4.69, 9.17) is 9.47 Å². The molecule has 37 heavy (non-hydrogen) atoms. The molecule has 1 saturated heterocycles. The van der Waals surface area contributed by atoms with E-state index in [9.17, 15) is 4.79 Å². The maximum atomic E-state index is 12.4. The molecule has 0 spiro atoms. The number of hydrogen-bond donors (Lipinski definition) is 1. The van der Waals surface area contributed by atoms with E-state index in [-0.39, 0.29) is 6.09 Å². The van der Waals surface area contributed by atoms with Gasteiger partial charge in [0.2, 0.25) is 0 Å². The number of ether oxygens (including phenoxy) is 2. The molecule has 1 amide bonds. The molecule has 0 radical (unpaired) electrons. The van der Waals surface area contributed by atoms with Crippen molar-refractivity contribution in [3.05, 3.63) is 73.2 Å². The zero-order valence-corrected chi connectivity index (χ0v) is 21.2. The van der Waals surface area contributed by atoms with Crippen LogP contribution >= 0.6 is 0 Å². The van der Waals surface area contributed by atoms with Gasteiger partial charge in [0, 0.05) is 37.3 Å². The summed E-state index contributed by atoms with van der Waals surface area (Å²) in [6.45, 7) is 8.28. The highest BCUT2D eigenvalue weighted by Gasteiger charge is 2.26. The van der Waals surface area contributed by atoms with E-state index < -0.39 is 5.60 Å². The molecule has 5 rings (SSSR count). The molecule has 1 aliphatic heterocycles. The molecule has 0 unspecified atom stereocenters. The first kappa shape index (κ1) is 24.3. The number of carbonyl (C=O) groups is 1. The Kier molecular flexibility index (Phi) is 6.76. The van der Waals surface area contributed by atoms with Crippen molar-refractivity contribution in [2.75, 3.05) is 36.4 Å². The molecule has 0 aliphatic carbocycles. The summed E-state index contributed by atoms with van der Waals surface area (Å²) < 4.78 is 11.3. The Hall–Kier alpha value is -4.40. The highest BCUT2D eigenvalue weighted by Crippen LogP contribution is 2.28. The third-order valence-electron chi connectivity index (χ3n) is 5.88. The zero-order chi connectivity index (χ0) is 25.8. The van der Waals surface area contributed by atoms with Crippen LogP contribution in [0.1, 0.15) is 20.8 Å². The lowest BCUT2D eigenvalue weighted by Crippen LogP contribution is -2.50. The number of carbonyl (C=O) groups excluding carboxylic acids is 1. The highest BCUT2D eigenvalue weighted by molar-refractivity contribution is 5.92. The molecule has 4 aromatic rings. The molecule has 3 heterocycles. The van der Waals surface area contributed by atoms with Crippen molar-refractivity contribution in [2.45, 2.75) is 26.4 Å². The maximum Gasteiger partial charge on any atom is 0.410 e. The predicted molar refractivity (Wildman–Crippen MR) is 144 cm³/mol. The Balaban J connectivity index is 1.28. The minimum absolute atomic E-state index is 0.266. The monoisotopic (exact) mass is 498 g/mol. The van der Waals surface area contributed by atoms with E-state index in [0.717, 1.165) is 22.3 Å². The fourth-order valence-corrected chi connectivity index (χ4v) is 4.08. The van der Waals surface area contributed by atoms with Crippen molar-refractivity contribution in [1.29, 1.82) is 0 Å². The first-order chi connectivity index (χ1) is 17.8. The minimum Gasteiger partial charge on any atom is -0.456 e. The van der Waals surface area contributed by atoms with Gasteiger partial charge in [0.25, 0.3) is 0 Å². The number of anilines is 3. The van der Waals surface area contributed by atoms with Crippen LogP contribution in [0.3, 0.4) is 0 Å². The molecular formula is C28H30N6O3. The molecule has 2 aromatic carbocycles. The Morgan fingerprint density at radius 2 is 1.68 bits per heavy atom. The van der Waals surface area contributed by atoms with E-state index in [2.05, 4.69) is 37.3 Å². The van der Waals surface area contributed by atoms with Gasteiger partial charge < -0.3 is 24.6 Å². The molecule has 190 valence electrons. The highest BCUT2D eigenvalue weighted by atomic mass is 16.6. The number of nitrogens with one attached hydrogen (secondary N) is 1. The average Bonchev–Trinajstić information content (AvgIpc) is 2.89. The van der Waals surface area contributed by atoms with E-state index in [0.29, 0.717) is 43.6 Å². The van der Waals surface area contributed by atoms with Gasteiger partial charge in [-0.25, -0.2) is 19.7 Å². The second-order valence-corrected chi connectivity index (χ2v) is 9.80. The van der Waals surface area contributed by atoms with Crippen LogP contribution in [0.2, 0.25) is 0 Å². The number of piperazine rings is 1. The van der Waals surface area contributed by atoms with E-state index in [1.807, 2.05) is 69.3 Å². The van der Waals surface area contributed by atoms with Gasteiger partial charge in [-0.15, -0.1) is 0 Å². The van der Waals surface area contributed by atoms with Gasteiger partial charge in [-0.05, 0) is 63.2 Å². The van der Waals surface area contributed by atoms with Crippen molar-refractivity contribution < 1.29 is 14.3 Å².